The van der Waals surface area contributed by atoms with E-state index in [0.29, 0.717) is 48.5 Å². The van der Waals surface area contributed by atoms with Gasteiger partial charge in [0.1, 0.15) is 19.4 Å². The van der Waals surface area contributed by atoms with Crippen LogP contribution in [0.25, 0.3) is 30.6 Å². The molecule has 11 nitrogen and oxygen atoms in total. The van der Waals surface area contributed by atoms with Gasteiger partial charge in [-0.25, -0.2) is 9.78 Å². The van der Waals surface area contributed by atoms with Gasteiger partial charge in [-0.2, -0.15) is 0 Å². The zero-order chi connectivity index (χ0) is 48.2. The number of aromatic amines is 2. The molecule has 0 aromatic carbocycles. The third-order valence-electron chi connectivity index (χ3n) is 15.9. The van der Waals surface area contributed by atoms with Crippen molar-refractivity contribution in [1.82, 2.24) is 15.0 Å². The van der Waals surface area contributed by atoms with Crippen molar-refractivity contribution in [2.24, 2.45) is 45.5 Å². The third-order valence-corrected chi connectivity index (χ3v) is 19.4. The zero-order valence-electron chi connectivity index (χ0n) is 39.6. The van der Waals surface area contributed by atoms with Crippen LogP contribution in [0, 0.1) is 34.0 Å². The van der Waals surface area contributed by atoms with Gasteiger partial charge in [0.15, 0.2) is 10.9 Å². The molecule has 0 aliphatic heterocycles. The number of amides is 2. The van der Waals surface area contributed by atoms with Gasteiger partial charge in [0.25, 0.3) is 11.8 Å². The Bertz CT molecular complexity index is 2850. The van der Waals surface area contributed by atoms with Crippen molar-refractivity contribution >= 4 is 94.0 Å². The number of carbonyl (C=O) groups is 3. The number of hydrogen-bond donors (Lipinski definition) is 5. The second kappa shape index (κ2) is 19.0. The molecule has 0 saturated carbocycles. The van der Waals surface area contributed by atoms with Gasteiger partial charge in [0.05, 0.1) is 25.5 Å². The van der Waals surface area contributed by atoms with E-state index in [1.54, 1.807) is 12.1 Å². The van der Waals surface area contributed by atoms with E-state index in [9.17, 15) is 24.0 Å². The highest BCUT2D eigenvalue weighted by atomic mass is 35.5. The lowest BCUT2D eigenvalue weighted by atomic mass is 9.69. The summed E-state index contributed by atoms with van der Waals surface area (Å²) in [6.07, 6.45) is 12.0. The number of aromatic carboxylic acids is 1. The second-order valence-electron chi connectivity index (χ2n) is 20.6. The molecule has 0 spiro atoms. The number of pyridine rings is 3. The van der Waals surface area contributed by atoms with Gasteiger partial charge in [-0.15, -0.1) is 34.0 Å². The minimum absolute atomic E-state index is 0.0177. The van der Waals surface area contributed by atoms with Crippen LogP contribution in [-0.4, -0.2) is 37.8 Å². The van der Waals surface area contributed by atoms with E-state index < -0.39 is 17.8 Å². The van der Waals surface area contributed by atoms with Gasteiger partial charge >= 0.3 is 5.97 Å². The maximum Gasteiger partial charge on any atom is 0.345 e. The number of halogens is 1. The zero-order valence-corrected chi connectivity index (χ0v) is 42.8. The Kier molecular flexibility index (Phi) is 14.2. The summed E-state index contributed by atoms with van der Waals surface area (Å²) < 4.78 is 0. The number of carboxylic acid groups (broad SMARTS) is 1. The van der Waals surface area contributed by atoms with Gasteiger partial charge in [0.2, 0.25) is 0 Å². The monoisotopic (exact) mass is 973 g/mol. The van der Waals surface area contributed by atoms with Gasteiger partial charge in [-0.05, 0) is 116 Å². The molecule has 2 amide bonds. The lowest BCUT2D eigenvalue weighted by Gasteiger charge is -2.37. The number of thiophene rings is 3. The molecule has 6 heterocycles. The van der Waals surface area contributed by atoms with Crippen LogP contribution >= 0.6 is 45.6 Å². The van der Waals surface area contributed by atoms with E-state index in [1.807, 2.05) is 0 Å². The average Bonchev–Trinajstić information content (AvgIpc) is 4.05. The summed E-state index contributed by atoms with van der Waals surface area (Å²) in [6.45, 7) is 20.4. The Labute approximate surface area is 403 Å². The number of carbonyl (C=O) groups excluding carboxylic acids is 2. The van der Waals surface area contributed by atoms with Crippen molar-refractivity contribution in [3.63, 3.8) is 0 Å². The number of primary amides is 2. The summed E-state index contributed by atoms with van der Waals surface area (Å²) in [7, 11) is 0. The number of rotatable bonds is 9. The van der Waals surface area contributed by atoms with Crippen molar-refractivity contribution in [2.45, 2.75) is 139 Å². The third kappa shape index (κ3) is 9.67. The van der Waals surface area contributed by atoms with Gasteiger partial charge < -0.3 is 26.5 Å². The first kappa shape index (κ1) is 49.5. The second-order valence-corrected chi connectivity index (χ2v) is 24.1. The van der Waals surface area contributed by atoms with Crippen LogP contribution in [-0.2, 0) is 38.5 Å². The van der Waals surface area contributed by atoms with Crippen LogP contribution in [0.4, 0.5) is 0 Å². The normalized spacial score (nSPS) is 18.4. The highest BCUT2D eigenvalue weighted by molar-refractivity contribution is 7.21. The summed E-state index contributed by atoms with van der Waals surface area (Å²) >= 11 is 10.4. The molecule has 0 fully saturated rings. The number of H-pyrrole nitrogens is 2. The molecule has 0 radical (unpaired) electrons. The van der Waals surface area contributed by atoms with E-state index >= 15 is 0 Å². The molecule has 3 aliphatic rings. The Hall–Kier alpha value is -4.37. The maximum atomic E-state index is 12.8. The van der Waals surface area contributed by atoms with Crippen LogP contribution in [0.3, 0.4) is 0 Å². The van der Waals surface area contributed by atoms with E-state index in [0.717, 1.165) is 137 Å². The average molecular weight is 975 g/mol. The van der Waals surface area contributed by atoms with Crippen LogP contribution in [0.2, 0.25) is 5.02 Å². The fourth-order valence-electron chi connectivity index (χ4n) is 9.91. The van der Waals surface area contributed by atoms with Gasteiger partial charge in [0, 0.05) is 33.6 Å². The van der Waals surface area contributed by atoms with Crippen LogP contribution in [0.15, 0.2) is 27.8 Å². The number of nitrogens with two attached hydrogens (primary N) is 2. The number of fused-ring (bicyclic) bond motifs is 6. The number of hydrogen-bond acceptors (Lipinski definition) is 9. The van der Waals surface area contributed by atoms with Gasteiger partial charge in [-0.1, -0.05) is 93.2 Å². The Morgan fingerprint density at radius 1 is 0.652 bits per heavy atom. The highest BCUT2D eigenvalue weighted by Gasteiger charge is 2.36. The summed E-state index contributed by atoms with van der Waals surface area (Å²) in [4.78, 5) is 74.3. The van der Waals surface area contributed by atoms with Crippen LogP contribution in [0.1, 0.15) is 164 Å². The number of nitrogens with one attached hydrogen (secondary N) is 2. The molecule has 0 bridgehead atoms. The smallest absolute Gasteiger partial charge is 0.345 e. The lowest BCUT2D eigenvalue weighted by molar-refractivity contribution is 0.0701. The fraction of sp³-hybridized carbons (Fsp3) is 0.529. The fourth-order valence-corrected chi connectivity index (χ4v) is 13.1. The minimum atomic E-state index is -0.975. The number of nitrogens with zero attached hydrogens (tertiary/aromatic N) is 1. The maximum absolute atomic E-state index is 12.8. The van der Waals surface area contributed by atoms with Crippen LogP contribution < -0.4 is 22.3 Å². The molecule has 3 aliphatic carbocycles. The van der Waals surface area contributed by atoms with Crippen molar-refractivity contribution in [1.29, 1.82) is 0 Å². The van der Waals surface area contributed by atoms with Crippen molar-refractivity contribution in [2.75, 3.05) is 0 Å². The van der Waals surface area contributed by atoms with Crippen molar-refractivity contribution < 1.29 is 19.5 Å². The Balaban J connectivity index is 0.000000147. The standard InChI is InChI=1S/C17H21ClN2OS.C17H22N2O2S.C17H21NO3S/c1-4-17(2,3)9-5-6-12-10(7-9)14(18)11-8-13(15(19)21)22-16(11)20-12;1-4-17(2,3)9-5-6-12-10(7-9)14(20)11-8-13(15(18)21)22-16(11)19-12;1-4-17(2,3)9-5-6-12-10(7-9)14(19)11-8-13(16(20)21)22-15(11)18-12/h8-9H,4-7H2,1-3H3,(H2,19,21);8-9H,4-7H2,1-3H3,(H2,18,21)(H,19,20);8-9H,4-7H2,1-3H3,(H,18,19)(H,20,21). The SMILES string of the molecule is CCC(C)(C)C1CCc2[nH]c3sc(C(=O)O)cc3c(=O)c2C1.CCC(C)(C)C1CCc2[nH]c3sc(C(N)=O)cc3c(=O)c2C1.CCC(C)(C)C1CCc2nc3sc(C(N)=O)cc3c(Cl)c2C1. The molecule has 9 rings (SSSR count). The first-order chi connectivity index (χ1) is 31.0. The topological polar surface area (TPSA) is 202 Å². The molecule has 0 saturated heterocycles. The molecule has 7 N–H and O–H groups in total. The molecule has 66 heavy (non-hydrogen) atoms. The quantitative estimate of drug-likeness (QED) is 0.0948. The van der Waals surface area contributed by atoms with Crippen molar-refractivity contribution in [3.8, 4) is 0 Å². The van der Waals surface area contributed by atoms with Crippen LogP contribution in [0.5, 0.6) is 0 Å². The van der Waals surface area contributed by atoms with E-state index in [-0.39, 0.29) is 26.6 Å². The van der Waals surface area contributed by atoms with Gasteiger partial charge in [-0.3, -0.25) is 19.2 Å². The van der Waals surface area contributed by atoms with E-state index in [1.165, 1.54) is 34.3 Å². The Morgan fingerprint density at radius 3 is 1.48 bits per heavy atom. The Morgan fingerprint density at radius 2 is 1.05 bits per heavy atom. The summed E-state index contributed by atoms with van der Waals surface area (Å²) in [5, 5.41) is 11.9. The van der Waals surface area contributed by atoms with E-state index in [4.69, 9.17) is 33.2 Å². The molecule has 15 heteroatoms. The minimum Gasteiger partial charge on any atom is -0.477 e. The molecule has 354 valence electrons. The van der Waals surface area contributed by atoms with E-state index in [2.05, 4.69) is 72.3 Å². The highest BCUT2D eigenvalue weighted by Crippen LogP contribution is 2.45. The lowest BCUT2D eigenvalue weighted by Crippen LogP contribution is -2.32. The predicted octanol–water partition coefficient (Wildman–Crippen LogP) is 11.6. The molecule has 3 atom stereocenters. The number of aromatic nitrogens is 3. The molecular formula is C51H64ClN5O6S3. The number of carboxylic acids is 1. The largest absolute Gasteiger partial charge is 0.477 e. The molecule has 6 aromatic heterocycles. The predicted molar refractivity (Wildman–Crippen MR) is 272 cm³/mol. The summed E-state index contributed by atoms with van der Waals surface area (Å²) in [6, 6.07) is 4.93. The molecule has 6 aromatic rings. The first-order valence-corrected chi connectivity index (χ1v) is 26.1. The molecule has 3 unspecified atom stereocenters. The molecular weight excluding hydrogens is 910 g/mol. The number of aryl methyl sites for hydroxylation is 3. The summed E-state index contributed by atoms with van der Waals surface area (Å²) in [5.41, 5.74) is 17.6. The van der Waals surface area contributed by atoms with Crippen molar-refractivity contribution in [3.05, 3.63) is 92.1 Å². The summed E-state index contributed by atoms with van der Waals surface area (Å²) in [5.74, 6) is -0.217. The first-order valence-electron chi connectivity index (χ1n) is 23.3.